The standard InChI is InChI=1S/C21H18F5N3O4S/c1-10-15-5-13(22)6-16(23)18(15)33-17(10)19(21(24,25)26)29-20(30)28-14-4-12(7-27-8-14)11-2-3-34(31,32)9-11/h4-8,11,19H,2-3,9H2,1H3,(H2,28,29,30)/t11-,19-/m1/s1. The largest absolute Gasteiger partial charge is 0.455 e. The molecule has 1 aromatic carbocycles. The van der Waals surface area contributed by atoms with Crippen LogP contribution in [0.3, 0.4) is 0 Å². The Morgan fingerprint density at radius 3 is 2.59 bits per heavy atom. The van der Waals surface area contributed by atoms with Crippen LogP contribution in [-0.4, -0.2) is 37.1 Å². The number of alkyl halides is 3. The molecule has 34 heavy (non-hydrogen) atoms. The molecule has 2 N–H and O–H groups in total. The van der Waals surface area contributed by atoms with Crippen LogP contribution in [0, 0.1) is 18.6 Å². The lowest BCUT2D eigenvalue weighted by Crippen LogP contribution is -2.40. The molecule has 1 saturated heterocycles. The molecule has 4 rings (SSSR count). The lowest BCUT2D eigenvalue weighted by atomic mass is 10.0. The van der Waals surface area contributed by atoms with E-state index in [9.17, 15) is 35.2 Å². The van der Waals surface area contributed by atoms with E-state index in [1.807, 2.05) is 0 Å². The van der Waals surface area contributed by atoms with Gasteiger partial charge in [0.2, 0.25) is 0 Å². The summed E-state index contributed by atoms with van der Waals surface area (Å²) in [6, 6.07) is -1.15. The number of carbonyl (C=O) groups is 1. The number of nitrogens with one attached hydrogen (secondary N) is 2. The second-order valence-corrected chi connectivity index (χ2v) is 10.3. The summed E-state index contributed by atoms with van der Waals surface area (Å²) < 4.78 is 97.4. The van der Waals surface area contributed by atoms with Crippen molar-refractivity contribution in [2.75, 3.05) is 16.8 Å². The number of amides is 2. The molecule has 3 aromatic rings. The van der Waals surface area contributed by atoms with Gasteiger partial charge in [0.25, 0.3) is 0 Å². The van der Waals surface area contributed by atoms with Crippen LogP contribution in [0.4, 0.5) is 32.4 Å². The van der Waals surface area contributed by atoms with Gasteiger partial charge in [-0.25, -0.2) is 22.0 Å². The van der Waals surface area contributed by atoms with Gasteiger partial charge in [-0.2, -0.15) is 13.2 Å². The van der Waals surface area contributed by atoms with E-state index in [1.165, 1.54) is 25.4 Å². The molecule has 0 radical (unpaired) electrons. The Morgan fingerprint density at radius 2 is 1.94 bits per heavy atom. The molecule has 0 bridgehead atoms. The number of rotatable bonds is 4. The van der Waals surface area contributed by atoms with Gasteiger partial charge >= 0.3 is 12.2 Å². The number of urea groups is 1. The van der Waals surface area contributed by atoms with E-state index in [0.29, 0.717) is 18.1 Å². The summed E-state index contributed by atoms with van der Waals surface area (Å²) >= 11 is 0. The first-order valence-electron chi connectivity index (χ1n) is 10.0. The topological polar surface area (TPSA) is 101 Å². The maximum Gasteiger partial charge on any atom is 0.416 e. The Kier molecular flexibility index (Phi) is 6.00. The molecule has 1 fully saturated rings. The number of benzene rings is 1. The zero-order valence-electron chi connectivity index (χ0n) is 17.5. The van der Waals surface area contributed by atoms with Crippen molar-refractivity contribution in [3.8, 4) is 0 Å². The first kappa shape index (κ1) is 23.9. The second-order valence-electron chi connectivity index (χ2n) is 8.04. The molecule has 2 amide bonds. The summed E-state index contributed by atoms with van der Waals surface area (Å²) in [6.07, 6.45) is -2.03. The number of nitrogens with zero attached hydrogens (tertiary/aromatic N) is 1. The number of aryl methyl sites for hydroxylation is 1. The van der Waals surface area contributed by atoms with E-state index in [0.717, 1.165) is 6.07 Å². The number of hydrogen-bond donors (Lipinski definition) is 2. The van der Waals surface area contributed by atoms with Crippen molar-refractivity contribution in [2.45, 2.75) is 31.5 Å². The Bertz CT molecular complexity index is 1370. The summed E-state index contributed by atoms with van der Waals surface area (Å²) in [7, 11) is -3.18. The summed E-state index contributed by atoms with van der Waals surface area (Å²) in [4.78, 5) is 16.3. The number of pyridine rings is 1. The number of furan rings is 1. The molecule has 1 aliphatic heterocycles. The van der Waals surface area contributed by atoms with Crippen LogP contribution in [0.2, 0.25) is 0 Å². The van der Waals surface area contributed by atoms with E-state index < -0.39 is 51.1 Å². The highest BCUT2D eigenvalue weighted by Crippen LogP contribution is 2.39. The molecule has 0 saturated carbocycles. The SMILES string of the molecule is Cc1c([C@@H](NC(=O)Nc2cncc([C@@H]3CCS(=O)(=O)C3)c2)C(F)(F)F)oc2c(F)cc(F)cc12. The van der Waals surface area contributed by atoms with E-state index in [2.05, 4.69) is 10.3 Å². The first-order valence-corrected chi connectivity index (χ1v) is 11.8. The van der Waals surface area contributed by atoms with Crippen LogP contribution < -0.4 is 10.6 Å². The number of hydrogen-bond acceptors (Lipinski definition) is 5. The monoisotopic (exact) mass is 503 g/mol. The fourth-order valence-electron chi connectivity index (χ4n) is 3.94. The van der Waals surface area contributed by atoms with Gasteiger partial charge in [0, 0.05) is 29.1 Å². The fraction of sp³-hybridized carbons (Fsp3) is 0.333. The summed E-state index contributed by atoms with van der Waals surface area (Å²) in [5.41, 5.74) is -0.164. The van der Waals surface area contributed by atoms with Gasteiger partial charge in [0.15, 0.2) is 27.3 Å². The highest BCUT2D eigenvalue weighted by atomic mass is 32.2. The van der Waals surface area contributed by atoms with E-state index in [4.69, 9.17) is 4.42 Å². The van der Waals surface area contributed by atoms with Crippen LogP contribution in [0.25, 0.3) is 11.0 Å². The van der Waals surface area contributed by atoms with Crippen LogP contribution in [0.5, 0.6) is 0 Å². The minimum absolute atomic E-state index is 0.0183. The van der Waals surface area contributed by atoms with Crippen molar-refractivity contribution in [3.63, 3.8) is 0 Å². The molecule has 0 spiro atoms. The lowest BCUT2D eigenvalue weighted by molar-refractivity contribution is -0.158. The minimum atomic E-state index is -5.02. The number of fused-ring (bicyclic) bond motifs is 1. The van der Waals surface area contributed by atoms with Gasteiger partial charge in [-0.1, -0.05) is 0 Å². The average molecular weight is 503 g/mol. The third kappa shape index (κ3) is 4.83. The van der Waals surface area contributed by atoms with Crippen molar-refractivity contribution >= 4 is 32.5 Å². The number of sulfone groups is 1. The number of aromatic nitrogens is 1. The molecule has 0 aliphatic carbocycles. The summed E-state index contributed by atoms with van der Waals surface area (Å²) in [6.45, 7) is 1.20. The van der Waals surface area contributed by atoms with E-state index >= 15 is 0 Å². The highest BCUT2D eigenvalue weighted by Gasteiger charge is 2.45. The third-order valence-electron chi connectivity index (χ3n) is 5.58. The molecule has 2 atom stereocenters. The predicted molar refractivity (Wildman–Crippen MR) is 112 cm³/mol. The number of anilines is 1. The minimum Gasteiger partial charge on any atom is -0.455 e. The van der Waals surface area contributed by atoms with Gasteiger partial charge < -0.3 is 15.1 Å². The molecule has 7 nitrogen and oxygen atoms in total. The van der Waals surface area contributed by atoms with Crippen LogP contribution >= 0.6 is 0 Å². The Hall–Kier alpha value is -3.22. The smallest absolute Gasteiger partial charge is 0.416 e. The number of halogens is 5. The summed E-state index contributed by atoms with van der Waals surface area (Å²) in [5.74, 6) is -3.35. The Labute approximate surface area is 190 Å². The molecule has 13 heteroatoms. The molecular formula is C21H18F5N3O4S. The Balaban J connectivity index is 1.57. The van der Waals surface area contributed by atoms with Crippen LogP contribution in [0.1, 0.15) is 35.3 Å². The molecule has 182 valence electrons. The average Bonchev–Trinajstić information content (AvgIpc) is 3.25. The maximum atomic E-state index is 14.0. The maximum absolute atomic E-state index is 14.0. The van der Waals surface area contributed by atoms with Crippen LogP contribution in [-0.2, 0) is 9.84 Å². The van der Waals surface area contributed by atoms with Gasteiger partial charge in [0.05, 0.1) is 23.4 Å². The lowest BCUT2D eigenvalue weighted by Gasteiger charge is -2.21. The van der Waals surface area contributed by atoms with Gasteiger partial charge in [-0.15, -0.1) is 0 Å². The van der Waals surface area contributed by atoms with Gasteiger partial charge in [0.1, 0.15) is 11.6 Å². The van der Waals surface area contributed by atoms with E-state index in [-0.39, 0.29) is 34.1 Å². The highest BCUT2D eigenvalue weighted by molar-refractivity contribution is 7.91. The molecule has 2 aromatic heterocycles. The van der Waals surface area contributed by atoms with Gasteiger partial charge in [-0.3, -0.25) is 4.98 Å². The predicted octanol–water partition coefficient (Wildman–Crippen LogP) is 4.74. The first-order chi connectivity index (χ1) is 15.8. The van der Waals surface area contributed by atoms with Crippen LogP contribution in [0.15, 0.2) is 35.0 Å². The van der Waals surface area contributed by atoms with Crippen molar-refractivity contribution in [1.82, 2.24) is 10.3 Å². The second kappa shape index (κ2) is 8.53. The molecule has 0 unspecified atom stereocenters. The van der Waals surface area contributed by atoms with E-state index in [1.54, 1.807) is 5.32 Å². The zero-order valence-corrected chi connectivity index (χ0v) is 18.4. The zero-order chi connectivity index (χ0) is 24.8. The molecular weight excluding hydrogens is 485 g/mol. The van der Waals surface area contributed by atoms with Crippen molar-refractivity contribution in [3.05, 3.63) is 59.1 Å². The van der Waals surface area contributed by atoms with Crippen molar-refractivity contribution < 1.29 is 39.6 Å². The van der Waals surface area contributed by atoms with Crippen molar-refractivity contribution in [2.24, 2.45) is 0 Å². The summed E-state index contributed by atoms with van der Waals surface area (Å²) in [5, 5.41) is 3.80. The molecule has 3 heterocycles. The quantitative estimate of drug-likeness (QED) is 0.501. The Morgan fingerprint density at radius 1 is 1.21 bits per heavy atom. The third-order valence-corrected chi connectivity index (χ3v) is 7.35. The number of carbonyl (C=O) groups excluding carboxylic acids is 1. The van der Waals surface area contributed by atoms with Crippen molar-refractivity contribution in [1.29, 1.82) is 0 Å². The fourth-order valence-corrected chi connectivity index (χ4v) is 5.72. The molecule has 1 aliphatic rings. The normalized spacial score (nSPS) is 18.7. The van der Waals surface area contributed by atoms with Gasteiger partial charge in [-0.05, 0) is 31.0 Å².